The second-order valence-electron chi connectivity index (χ2n) is 7.82. The van der Waals surface area contributed by atoms with Crippen molar-refractivity contribution in [3.63, 3.8) is 0 Å². The molecule has 1 aromatic carbocycles. The number of aromatic amines is 1. The third-order valence-electron chi connectivity index (χ3n) is 5.47. The first-order valence-electron chi connectivity index (χ1n) is 10.3. The van der Waals surface area contributed by atoms with Crippen molar-refractivity contribution in [1.82, 2.24) is 9.88 Å². The fourth-order valence-corrected chi connectivity index (χ4v) is 3.75. The van der Waals surface area contributed by atoms with Gasteiger partial charge in [0.15, 0.2) is 5.78 Å². The number of rotatable bonds is 7. The summed E-state index contributed by atoms with van der Waals surface area (Å²) in [5.74, 6) is -0.677. The van der Waals surface area contributed by atoms with Gasteiger partial charge in [-0.3, -0.25) is 4.79 Å². The Balaban J connectivity index is 1.80. The topological polar surface area (TPSA) is 91.5 Å². The van der Waals surface area contributed by atoms with E-state index in [1.807, 2.05) is 32.0 Å². The number of amides is 2. The summed E-state index contributed by atoms with van der Waals surface area (Å²) >= 11 is 0. The van der Waals surface area contributed by atoms with Gasteiger partial charge in [0, 0.05) is 23.0 Å². The summed E-state index contributed by atoms with van der Waals surface area (Å²) in [4.78, 5) is 42.8. The van der Waals surface area contributed by atoms with Crippen LogP contribution in [0.15, 0.2) is 18.2 Å². The van der Waals surface area contributed by atoms with Crippen LogP contribution in [0.4, 0.5) is 10.5 Å². The standard InChI is InChI=1S/C23H29N3O4/c1-6-30-22(28)21-15(4)19(16(5)24-21)18(27)12-26(17-10-11-17)23(29)25-20-13(2)8-7-9-14(20)3/h7-9,17,24H,6,10-12H2,1-5H3,(H,25,29). The maximum atomic E-state index is 13.1. The predicted molar refractivity (Wildman–Crippen MR) is 115 cm³/mol. The van der Waals surface area contributed by atoms with Gasteiger partial charge >= 0.3 is 12.0 Å². The number of aromatic nitrogens is 1. The van der Waals surface area contributed by atoms with Crippen molar-refractivity contribution < 1.29 is 19.1 Å². The number of nitrogens with zero attached hydrogens (tertiary/aromatic N) is 1. The van der Waals surface area contributed by atoms with E-state index in [0.717, 1.165) is 29.7 Å². The number of anilines is 1. The van der Waals surface area contributed by atoms with Crippen LogP contribution in [0.1, 0.15) is 63.0 Å². The number of Topliss-reactive ketones (excluding diaryl/α,β-unsaturated/α-hetero) is 1. The van der Waals surface area contributed by atoms with Crippen LogP contribution in [-0.2, 0) is 4.74 Å². The van der Waals surface area contributed by atoms with E-state index in [0.29, 0.717) is 16.8 Å². The second kappa shape index (κ2) is 8.73. The lowest BCUT2D eigenvalue weighted by atomic mass is 10.1. The average molecular weight is 412 g/mol. The van der Waals surface area contributed by atoms with E-state index in [9.17, 15) is 14.4 Å². The summed E-state index contributed by atoms with van der Waals surface area (Å²) < 4.78 is 5.06. The minimum Gasteiger partial charge on any atom is -0.461 e. The maximum absolute atomic E-state index is 13.1. The van der Waals surface area contributed by atoms with Crippen molar-refractivity contribution in [2.75, 3.05) is 18.5 Å². The molecule has 1 saturated carbocycles. The number of hydrogen-bond donors (Lipinski definition) is 2. The zero-order chi connectivity index (χ0) is 22.0. The Kier molecular flexibility index (Phi) is 6.29. The molecular formula is C23H29N3O4. The van der Waals surface area contributed by atoms with E-state index >= 15 is 0 Å². The Morgan fingerprint density at radius 1 is 1.13 bits per heavy atom. The molecule has 0 unspecified atom stereocenters. The molecule has 0 bridgehead atoms. The molecule has 2 amide bonds. The van der Waals surface area contributed by atoms with Crippen LogP contribution in [0.2, 0.25) is 0 Å². The zero-order valence-electron chi connectivity index (χ0n) is 18.2. The van der Waals surface area contributed by atoms with Gasteiger partial charge in [-0.15, -0.1) is 0 Å². The fourth-order valence-electron chi connectivity index (χ4n) is 3.75. The molecule has 0 atom stereocenters. The molecule has 0 radical (unpaired) electrons. The molecule has 3 rings (SSSR count). The Morgan fingerprint density at radius 2 is 1.77 bits per heavy atom. The molecule has 7 heteroatoms. The molecule has 30 heavy (non-hydrogen) atoms. The number of ether oxygens (including phenoxy) is 1. The van der Waals surface area contributed by atoms with E-state index in [1.54, 1.807) is 25.7 Å². The van der Waals surface area contributed by atoms with Crippen LogP contribution >= 0.6 is 0 Å². The molecule has 0 spiro atoms. The highest BCUT2D eigenvalue weighted by molar-refractivity contribution is 6.05. The number of urea groups is 1. The minimum absolute atomic E-state index is 0.0385. The molecule has 2 N–H and O–H groups in total. The minimum atomic E-state index is -0.482. The number of esters is 1. The second-order valence-corrected chi connectivity index (χ2v) is 7.82. The number of hydrogen-bond acceptors (Lipinski definition) is 4. The van der Waals surface area contributed by atoms with Crippen molar-refractivity contribution in [3.05, 3.63) is 51.8 Å². The molecular weight excluding hydrogens is 382 g/mol. The lowest BCUT2D eigenvalue weighted by molar-refractivity contribution is 0.0519. The van der Waals surface area contributed by atoms with Crippen molar-refractivity contribution in [1.29, 1.82) is 0 Å². The number of benzene rings is 1. The third kappa shape index (κ3) is 4.40. The summed E-state index contributed by atoms with van der Waals surface area (Å²) in [7, 11) is 0. The Labute approximate surface area is 176 Å². The lowest BCUT2D eigenvalue weighted by Crippen LogP contribution is -2.40. The summed E-state index contributed by atoms with van der Waals surface area (Å²) in [5, 5.41) is 2.98. The fraction of sp³-hybridized carbons (Fsp3) is 0.435. The molecule has 7 nitrogen and oxygen atoms in total. The van der Waals surface area contributed by atoms with Crippen molar-refractivity contribution in [3.8, 4) is 0 Å². The van der Waals surface area contributed by atoms with Gasteiger partial charge in [0.05, 0.1) is 13.2 Å². The van der Waals surface area contributed by atoms with Crippen molar-refractivity contribution in [2.24, 2.45) is 0 Å². The summed E-state index contributed by atoms with van der Waals surface area (Å²) in [5.41, 5.74) is 4.62. The van der Waals surface area contributed by atoms with Crippen molar-refractivity contribution >= 4 is 23.5 Å². The Morgan fingerprint density at radius 3 is 2.33 bits per heavy atom. The molecule has 1 aliphatic carbocycles. The summed E-state index contributed by atoms with van der Waals surface area (Å²) in [6, 6.07) is 5.61. The van der Waals surface area contributed by atoms with Crippen LogP contribution in [-0.4, -0.2) is 46.9 Å². The number of ketones is 1. The van der Waals surface area contributed by atoms with Gasteiger partial charge in [0.1, 0.15) is 5.69 Å². The molecule has 160 valence electrons. The van der Waals surface area contributed by atoms with Gasteiger partial charge in [0.25, 0.3) is 0 Å². The highest BCUT2D eigenvalue weighted by Gasteiger charge is 2.35. The number of para-hydroxylation sites is 1. The quantitative estimate of drug-likeness (QED) is 0.525. The number of H-pyrrole nitrogens is 1. The van der Waals surface area contributed by atoms with Gasteiger partial charge < -0.3 is 19.9 Å². The largest absolute Gasteiger partial charge is 0.461 e. The third-order valence-corrected chi connectivity index (χ3v) is 5.47. The Bertz CT molecular complexity index is 968. The normalized spacial score (nSPS) is 13.1. The molecule has 1 aromatic heterocycles. The first-order chi connectivity index (χ1) is 14.2. The molecule has 1 aliphatic rings. The highest BCUT2D eigenvalue weighted by Crippen LogP contribution is 2.29. The number of carbonyl (C=O) groups is 3. The Hall–Kier alpha value is -3.09. The van der Waals surface area contributed by atoms with E-state index in [2.05, 4.69) is 10.3 Å². The number of carbonyl (C=O) groups excluding carboxylic acids is 3. The van der Waals surface area contributed by atoms with Crippen LogP contribution in [0.25, 0.3) is 0 Å². The lowest BCUT2D eigenvalue weighted by Gasteiger charge is -2.23. The summed E-state index contributed by atoms with van der Waals surface area (Å²) in [6.07, 6.45) is 1.76. The van der Waals surface area contributed by atoms with Crippen LogP contribution < -0.4 is 5.32 Å². The summed E-state index contributed by atoms with van der Waals surface area (Å²) in [6.45, 7) is 9.31. The van der Waals surface area contributed by atoms with Gasteiger partial charge in [-0.05, 0) is 64.2 Å². The van der Waals surface area contributed by atoms with E-state index in [-0.39, 0.29) is 36.7 Å². The zero-order valence-corrected chi connectivity index (χ0v) is 18.2. The predicted octanol–water partition coefficient (Wildman–Crippen LogP) is 4.30. The van der Waals surface area contributed by atoms with Crippen LogP contribution in [0, 0.1) is 27.7 Å². The average Bonchev–Trinajstić information content (AvgIpc) is 3.47. The van der Waals surface area contributed by atoms with E-state index in [4.69, 9.17) is 4.74 Å². The molecule has 0 aliphatic heterocycles. The SMILES string of the molecule is CCOC(=O)c1[nH]c(C)c(C(=O)CN(C(=O)Nc2c(C)cccc2C)C2CC2)c1C. The van der Waals surface area contributed by atoms with Gasteiger partial charge in [-0.2, -0.15) is 0 Å². The molecule has 2 aromatic rings. The number of aryl methyl sites for hydroxylation is 3. The molecule has 1 fully saturated rings. The first kappa shape index (κ1) is 21.6. The molecule has 1 heterocycles. The van der Waals surface area contributed by atoms with E-state index < -0.39 is 5.97 Å². The molecule has 0 saturated heterocycles. The van der Waals surface area contributed by atoms with Gasteiger partial charge in [0.2, 0.25) is 0 Å². The van der Waals surface area contributed by atoms with Crippen LogP contribution in [0.5, 0.6) is 0 Å². The van der Waals surface area contributed by atoms with Gasteiger partial charge in [-0.1, -0.05) is 18.2 Å². The van der Waals surface area contributed by atoms with Crippen molar-refractivity contribution in [2.45, 2.75) is 53.5 Å². The monoisotopic (exact) mass is 411 g/mol. The highest BCUT2D eigenvalue weighted by atomic mass is 16.5. The smallest absolute Gasteiger partial charge is 0.355 e. The van der Waals surface area contributed by atoms with Gasteiger partial charge in [-0.25, -0.2) is 9.59 Å². The maximum Gasteiger partial charge on any atom is 0.355 e. The number of nitrogens with one attached hydrogen (secondary N) is 2. The van der Waals surface area contributed by atoms with E-state index in [1.165, 1.54) is 0 Å². The first-order valence-corrected chi connectivity index (χ1v) is 10.3. The van der Waals surface area contributed by atoms with Crippen LogP contribution in [0.3, 0.4) is 0 Å².